The fourth-order valence-electron chi connectivity index (χ4n) is 2.69. The van der Waals surface area contributed by atoms with Crippen LogP contribution >= 0.6 is 0 Å². The van der Waals surface area contributed by atoms with Crippen LogP contribution in [0, 0.1) is 0 Å². The van der Waals surface area contributed by atoms with E-state index in [1.54, 1.807) is 20.8 Å². The van der Waals surface area contributed by atoms with Crippen molar-refractivity contribution in [1.82, 2.24) is 0 Å². The molecular formula is C21H34O3S. The fraction of sp³-hybridized carbons (Fsp3) is 0.667. The maximum absolute atomic E-state index is 12.0. The minimum atomic E-state index is -3.03. The number of aryl methyl sites for hydroxylation is 1. The average molecular weight is 367 g/mol. The molecule has 0 spiro atoms. The number of Topliss-reactive ketones (excluding diaryl/α,β-unsaturated/α-hetero) is 1. The van der Waals surface area contributed by atoms with E-state index in [1.165, 1.54) is 5.56 Å². The van der Waals surface area contributed by atoms with Gasteiger partial charge in [0.15, 0.2) is 9.84 Å². The van der Waals surface area contributed by atoms with Gasteiger partial charge < -0.3 is 0 Å². The third-order valence-corrected chi connectivity index (χ3v) is 7.26. The van der Waals surface area contributed by atoms with E-state index in [-0.39, 0.29) is 5.75 Å². The summed E-state index contributed by atoms with van der Waals surface area (Å²) in [6.45, 7) is 5.22. The highest BCUT2D eigenvalue weighted by molar-refractivity contribution is 7.92. The predicted octanol–water partition coefficient (Wildman–Crippen LogP) is 5.13. The van der Waals surface area contributed by atoms with E-state index in [9.17, 15) is 13.2 Å². The lowest BCUT2D eigenvalue weighted by Gasteiger charge is -2.18. The van der Waals surface area contributed by atoms with Crippen LogP contribution in [0.1, 0.15) is 77.7 Å². The monoisotopic (exact) mass is 366 g/mol. The van der Waals surface area contributed by atoms with Crippen molar-refractivity contribution in [2.75, 3.05) is 5.75 Å². The van der Waals surface area contributed by atoms with Crippen molar-refractivity contribution < 1.29 is 13.2 Å². The van der Waals surface area contributed by atoms with Gasteiger partial charge in [-0.2, -0.15) is 0 Å². The van der Waals surface area contributed by atoms with Gasteiger partial charge in [-0.25, -0.2) is 8.42 Å². The molecule has 1 rings (SSSR count). The molecule has 3 nitrogen and oxygen atoms in total. The molecule has 25 heavy (non-hydrogen) atoms. The van der Waals surface area contributed by atoms with Gasteiger partial charge in [0.25, 0.3) is 0 Å². The quantitative estimate of drug-likeness (QED) is 0.482. The lowest BCUT2D eigenvalue weighted by molar-refractivity contribution is -0.119. The first kappa shape index (κ1) is 21.9. The molecule has 0 atom stereocenters. The Bertz CT molecular complexity index is 598. The summed E-state index contributed by atoms with van der Waals surface area (Å²) in [5, 5.41) is 0. The summed E-state index contributed by atoms with van der Waals surface area (Å²) >= 11 is 0. The summed E-state index contributed by atoms with van der Waals surface area (Å²) in [6, 6.07) is 10.4. The Balaban J connectivity index is 2.02. The standard InChI is InChI=1S/C21H34O3S/c1-21(2,3)25(23,24)18-12-6-11-17-20(22)16-10-5-9-15-19-13-7-4-8-14-19/h4,7-8,13-14H,5-6,9-12,15-18H2,1-3H3. The maximum Gasteiger partial charge on any atom is 0.155 e. The lowest BCUT2D eigenvalue weighted by atomic mass is 10.0. The van der Waals surface area contributed by atoms with Gasteiger partial charge in [0.1, 0.15) is 5.78 Å². The van der Waals surface area contributed by atoms with Crippen LogP contribution < -0.4 is 0 Å². The molecular weight excluding hydrogens is 332 g/mol. The van der Waals surface area contributed by atoms with Crippen LogP contribution in [-0.2, 0) is 21.1 Å². The van der Waals surface area contributed by atoms with Crippen LogP contribution in [0.15, 0.2) is 30.3 Å². The largest absolute Gasteiger partial charge is 0.300 e. The molecule has 0 aliphatic heterocycles. The second-order valence-electron chi connectivity index (χ2n) is 7.83. The van der Waals surface area contributed by atoms with Gasteiger partial charge in [-0.05, 0) is 58.4 Å². The highest BCUT2D eigenvalue weighted by Gasteiger charge is 2.27. The third-order valence-electron chi connectivity index (χ3n) is 4.57. The number of sulfone groups is 1. The van der Waals surface area contributed by atoms with Crippen LogP contribution in [0.5, 0.6) is 0 Å². The fourth-order valence-corrected chi connectivity index (χ4v) is 3.89. The average Bonchev–Trinajstić information content (AvgIpc) is 2.54. The van der Waals surface area contributed by atoms with Gasteiger partial charge >= 0.3 is 0 Å². The van der Waals surface area contributed by atoms with Crippen molar-refractivity contribution in [3.63, 3.8) is 0 Å². The zero-order chi connectivity index (χ0) is 18.8. The molecule has 0 saturated heterocycles. The summed E-state index contributed by atoms with van der Waals surface area (Å²) in [5.74, 6) is 0.544. The summed E-state index contributed by atoms with van der Waals surface area (Å²) in [5.41, 5.74) is 1.36. The Morgan fingerprint density at radius 2 is 1.40 bits per heavy atom. The van der Waals surface area contributed by atoms with Crippen LogP contribution in [-0.4, -0.2) is 24.7 Å². The smallest absolute Gasteiger partial charge is 0.155 e. The van der Waals surface area contributed by atoms with Crippen LogP contribution in [0.3, 0.4) is 0 Å². The van der Waals surface area contributed by atoms with Gasteiger partial charge in [-0.1, -0.05) is 43.2 Å². The molecule has 0 amide bonds. The Labute approximate surface area is 154 Å². The molecule has 0 radical (unpaired) electrons. The van der Waals surface area contributed by atoms with Gasteiger partial charge in [0.2, 0.25) is 0 Å². The van der Waals surface area contributed by atoms with Crippen molar-refractivity contribution in [2.24, 2.45) is 0 Å². The summed E-state index contributed by atoms with van der Waals surface area (Å²) in [4.78, 5) is 11.9. The predicted molar refractivity (Wildman–Crippen MR) is 106 cm³/mol. The first-order valence-electron chi connectivity index (χ1n) is 9.50. The highest BCUT2D eigenvalue weighted by atomic mass is 32.2. The van der Waals surface area contributed by atoms with Gasteiger partial charge in [0.05, 0.1) is 10.5 Å². The van der Waals surface area contributed by atoms with Crippen LogP contribution in [0.25, 0.3) is 0 Å². The number of carbonyl (C=O) groups is 1. The second-order valence-corrected chi connectivity index (χ2v) is 10.7. The molecule has 0 N–H and O–H groups in total. The highest BCUT2D eigenvalue weighted by Crippen LogP contribution is 2.18. The molecule has 142 valence electrons. The molecule has 0 bridgehead atoms. The van der Waals surface area contributed by atoms with Crippen molar-refractivity contribution in [3.05, 3.63) is 35.9 Å². The minimum absolute atomic E-state index is 0.226. The molecule has 0 unspecified atom stereocenters. The van der Waals surface area contributed by atoms with E-state index in [4.69, 9.17) is 0 Å². The van der Waals surface area contributed by atoms with E-state index in [0.717, 1.165) is 38.5 Å². The molecule has 0 fully saturated rings. The molecule has 0 aromatic heterocycles. The molecule has 0 aliphatic carbocycles. The maximum atomic E-state index is 12.0. The van der Waals surface area contributed by atoms with Crippen molar-refractivity contribution in [3.8, 4) is 0 Å². The second kappa shape index (κ2) is 10.7. The molecule has 0 saturated carbocycles. The first-order valence-corrected chi connectivity index (χ1v) is 11.2. The normalized spacial score (nSPS) is 12.3. The van der Waals surface area contributed by atoms with E-state index < -0.39 is 14.6 Å². The van der Waals surface area contributed by atoms with Crippen molar-refractivity contribution in [2.45, 2.75) is 83.3 Å². The summed E-state index contributed by atoms with van der Waals surface area (Å²) < 4.78 is 23.3. The van der Waals surface area contributed by atoms with Crippen LogP contribution in [0.4, 0.5) is 0 Å². The molecule has 0 aliphatic rings. The zero-order valence-corrected chi connectivity index (χ0v) is 16.9. The van der Waals surface area contributed by atoms with Crippen LogP contribution in [0.2, 0.25) is 0 Å². The lowest BCUT2D eigenvalue weighted by Crippen LogP contribution is -2.30. The van der Waals surface area contributed by atoms with Gasteiger partial charge in [-0.3, -0.25) is 4.79 Å². The first-order chi connectivity index (χ1) is 11.7. The Morgan fingerprint density at radius 1 is 0.840 bits per heavy atom. The number of rotatable bonds is 12. The summed E-state index contributed by atoms with van der Waals surface area (Å²) in [6.07, 6.45) is 7.79. The number of hydrogen-bond donors (Lipinski definition) is 0. The number of unbranched alkanes of at least 4 members (excludes halogenated alkanes) is 4. The van der Waals surface area contributed by atoms with Gasteiger partial charge in [-0.15, -0.1) is 0 Å². The summed E-state index contributed by atoms with van der Waals surface area (Å²) in [7, 11) is -3.03. The Morgan fingerprint density at radius 3 is 1.96 bits per heavy atom. The van der Waals surface area contributed by atoms with Gasteiger partial charge in [0, 0.05) is 12.8 Å². The number of carbonyl (C=O) groups excluding carboxylic acids is 1. The van der Waals surface area contributed by atoms with Crippen molar-refractivity contribution in [1.29, 1.82) is 0 Å². The number of hydrogen-bond acceptors (Lipinski definition) is 3. The Kier molecular flexibility index (Phi) is 9.41. The number of benzene rings is 1. The zero-order valence-electron chi connectivity index (χ0n) is 16.1. The third kappa shape index (κ3) is 9.20. The topological polar surface area (TPSA) is 51.2 Å². The Hall–Kier alpha value is -1.16. The van der Waals surface area contributed by atoms with E-state index in [2.05, 4.69) is 24.3 Å². The molecule has 1 aromatic carbocycles. The van der Waals surface area contributed by atoms with Crippen molar-refractivity contribution >= 4 is 15.6 Å². The SMILES string of the molecule is CC(C)(C)S(=O)(=O)CCCCCC(=O)CCCCCc1ccccc1. The minimum Gasteiger partial charge on any atom is -0.300 e. The molecule has 1 aromatic rings. The van der Waals surface area contributed by atoms with E-state index in [0.29, 0.717) is 25.0 Å². The molecule has 0 heterocycles. The van der Waals surface area contributed by atoms with E-state index >= 15 is 0 Å². The number of ketones is 1. The van der Waals surface area contributed by atoms with E-state index in [1.807, 2.05) is 6.07 Å². The molecule has 4 heteroatoms.